The van der Waals surface area contributed by atoms with Crippen LogP contribution in [-0.4, -0.2) is 107 Å². The van der Waals surface area contributed by atoms with Crippen molar-refractivity contribution in [2.45, 2.75) is 67.2 Å². The second-order valence-electron chi connectivity index (χ2n) is 8.92. The van der Waals surface area contributed by atoms with Crippen molar-refractivity contribution in [2.24, 2.45) is 5.92 Å². The number of carbonyl (C=O) groups excluding carboxylic acids is 1. The minimum absolute atomic E-state index is 0.115. The Morgan fingerprint density at radius 3 is 2.63 bits per heavy atom. The number of nitrogens with two attached hydrogens (primary N) is 1. The lowest BCUT2D eigenvalue weighted by atomic mass is 9.85. The number of aliphatic hydroxyl groups excluding tert-OH is 6. The maximum Gasteiger partial charge on any atom is 0.351 e. The van der Waals surface area contributed by atoms with Crippen molar-refractivity contribution in [3.63, 3.8) is 0 Å². The third-order valence-corrected chi connectivity index (χ3v) is 9.56. The van der Waals surface area contributed by atoms with Crippen LogP contribution in [0.4, 0.5) is 5.82 Å². The number of ether oxygens (including phenoxy) is 2. The predicted octanol–water partition coefficient (Wildman–Crippen LogP) is -5.39. The maximum atomic E-state index is 12.7. The van der Waals surface area contributed by atoms with Gasteiger partial charge in [-0.1, -0.05) is 6.92 Å². The summed E-state index contributed by atoms with van der Waals surface area (Å²) in [5.74, 6) is -3.19. The van der Waals surface area contributed by atoms with Gasteiger partial charge in [-0.05, 0) is 17.4 Å². The summed E-state index contributed by atoms with van der Waals surface area (Å²) >= 11 is -0.389. The molecule has 4 unspecified atom stereocenters. The van der Waals surface area contributed by atoms with Gasteiger partial charge in [0.15, 0.2) is 18.0 Å². The van der Waals surface area contributed by atoms with Gasteiger partial charge in [0.05, 0.1) is 31.4 Å². The van der Waals surface area contributed by atoms with Crippen LogP contribution in [0.2, 0.25) is 0 Å². The van der Waals surface area contributed by atoms with Gasteiger partial charge < -0.3 is 65.2 Å². The highest BCUT2D eigenvalue weighted by atomic mass is 32.7. The van der Waals surface area contributed by atoms with E-state index in [-0.39, 0.29) is 17.2 Å². The molecule has 8 N–H and O–H groups in total. The van der Waals surface area contributed by atoms with E-state index < -0.39 is 97.9 Å². The Bertz CT molecular complexity index is 1110. The molecule has 2 aliphatic heterocycles. The highest BCUT2D eigenvalue weighted by Crippen LogP contribution is 2.61. The number of carboxylic acid groups (broad SMARTS) is 1. The van der Waals surface area contributed by atoms with Crippen LogP contribution in [0.25, 0.3) is 0 Å². The van der Waals surface area contributed by atoms with Crippen LogP contribution in [0.1, 0.15) is 19.6 Å². The number of nitrogens with zero attached hydrogens (tertiary/aromatic N) is 2. The first-order valence-electron chi connectivity index (χ1n) is 11.2. The molecule has 1 aromatic heterocycles. The van der Waals surface area contributed by atoms with Gasteiger partial charge in [0.25, 0.3) is 0 Å². The van der Waals surface area contributed by atoms with Crippen molar-refractivity contribution in [3.05, 3.63) is 22.7 Å². The molecule has 0 spiro atoms. The molecule has 3 heterocycles. The number of hydrogen-bond donors (Lipinski definition) is 7. The van der Waals surface area contributed by atoms with E-state index in [9.17, 15) is 49.7 Å². The maximum absolute atomic E-state index is 12.7. The first-order valence-corrected chi connectivity index (χ1v) is 14.2. The average Bonchev–Trinajstić information content (AvgIpc) is 3.12. The Morgan fingerprint density at radius 1 is 1.39 bits per heavy atom. The van der Waals surface area contributed by atoms with Crippen LogP contribution < -0.4 is 21.4 Å². The molecule has 1 aromatic rings. The lowest BCUT2D eigenvalue weighted by Crippen LogP contribution is -2.61. The van der Waals surface area contributed by atoms with E-state index in [1.54, 1.807) is 0 Å². The van der Waals surface area contributed by atoms with Crippen LogP contribution in [0.5, 0.6) is 0 Å². The number of nitrogen functional groups attached to an aromatic ring is 1. The summed E-state index contributed by atoms with van der Waals surface area (Å²) in [6.07, 6.45) is -13.0. The van der Waals surface area contributed by atoms with Gasteiger partial charge in [-0.15, -0.1) is 0 Å². The predicted molar refractivity (Wildman–Crippen MR) is 121 cm³/mol. The third kappa shape index (κ3) is 6.38. The van der Waals surface area contributed by atoms with Crippen molar-refractivity contribution < 1.29 is 64.0 Å². The summed E-state index contributed by atoms with van der Waals surface area (Å²) in [4.78, 5) is 37.4. The van der Waals surface area contributed by atoms with E-state index in [2.05, 4.69) is 4.98 Å². The molecule has 3 rings (SSSR count). The standard InChI is InChI=1S/C19H30N3O14PS/c1-7-8(24)4-19(17(29)30,36-15(7)12(26)9(25)5-23)38-37(32,33)34-6-10-13(27)14(28)16(35-10)22-3-2-11(20)21-18(22)31/h2-3,7-10,12-16,23-28H,4-6H2,1H3,(H,29,30)(H,32,33)(H2,20,21,31)/p-2/t7-,8+,9-,10-,12-,13+,14?,15?,16-,19?/m1/s1. The SMILES string of the molecule is C[C@H]1C([C@H](O)[C@H](O)CO)OC(SP(=O)([O-])OC[C@H]2O[C@@H](n3ccc(N)nc3=O)C(O)[C@H]2O)(C(=O)[O-])C[C@@H]1O. The lowest BCUT2D eigenvalue weighted by molar-refractivity contribution is -0.330. The molecule has 11 atom stereocenters. The quantitative estimate of drug-likeness (QED) is 0.126. The van der Waals surface area contributed by atoms with Crippen LogP contribution >= 0.6 is 18.2 Å². The topological polar surface area (TPSA) is 290 Å². The highest BCUT2D eigenvalue weighted by molar-refractivity contribution is 8.55. The van der Waals surface area contributed by atoms with E-state index in [0.29, 0.717) is 0 Å². The normalized spacial score (nSPS) is 36.9. The van der Waals surface area contributed by atoms with Crippen molar-refractivity contribution in [3.8, 4) is 0 Å². The first-order chi connectivity index (χ1) is 17.6. The van der Waals surface area contributed by atoms with E-state index in [4.69, 9.17) is 24.8 Å². The molecule has 216 valence electrons. The second kappa shape index (κ2) is 11.8. The lowest BCUT2D eigenvalue weighted by Gasteiger charge is -2.49. The molecule has 19 heteroatoms. The summed E-state index contributed by atoms with van der Waals surface area (Å²) in [5.41, 5.74) is 4.49. The van der Waals surface area contributed by atoms with Crippen LogP contribution in [0.3, 0.4) is 0 Å². The number of carboxylic acids is 1. The van der Waals surface area contributed by atoms with Gasteiger partial charge in [-0.3, -0.25) is 9.13 Å². The zero-order valence-corrected chi connectivity index (χ0v) is 21.5. The number of aliphatic carboxylic acids is 1. The monoisotopic (exact) mass is 585 g/mol. The number of aromatic nitrogens is 2. The minimum Gasteiger partial charge on any atom is -0.770 e. The van der Waals surface area contributed by atoms with Gasteiger partial charge in [-0.25, -0.2) is 4.79 Å². The molecule has 0 bridgehead atoms. The molecule has 2 fully saturated rings. The summed E-state index contributed by atoms with van der Waals surface area (Å²) < 4.78 is 29.1. The van der Waals surface area contributed by atoms with Gasteiger partial charge in [0, 0.05) is 18.5 Å². The van der Waals surface area contributed by atoms with E-state index >= 15 is 0 Å². The molecule has 2 aliphatic rings. The zero-order chi connectivity index (χ0) is 28.6. The third-order valence-electron chi connectivity index (χ3n) is 6.28. The van der Waals surface area contributed by atoms with Gasteiger partial charge in [0.2, 0.25) is 0 Å². The van der Waals surface area contributed by atoms with Crippen LogP contribution in [0, 0.1) is 5.92 Å². The first kappa shape index (κ1) is 30.9. The number of rotatable bonds is 10. The van der Waals surface area contributed by atoms with Crippen molar-refractivity contribution >= 4 is 30.0 Å². The van der Waals surface area contributed by atoms with Crippen LogP contribution in [0.15, 0.2) is 17.1 Å². The number of hydrogen-bond acceptors (Lipinski definition) is 17. The molecular weight excluding hydrogens is 557 g/mol. The fourth-order valence-electron chi connectivity index (χ4n) is 4.08. The van der Waals surface area contributed by atoms with Gasteiger partial charge in [0.1, 0.15) is 36.3 Å². The Hall–Kier alpha value is -1.67. The molecule has 0 aromatic carbocycles. The molecule has 0 amide bonds. The van der Waals surface area contributed by atoms with E-state index in [1.807, 2.05) is 0 Å². The van der Waals surface area contributed by atoms with Gasteiger partial charge in [-0.2, -0.15) is 4.98 Å². The molecule has 2 saturated heterocycles. The minimum atomic E-state index is -5.27. The summed E-state index contributed by atoms with van der Waals surface area (Å²) in [5, 5.41) is 72.0. The Morgan fingerprint density at radius 2 is 2.05 bits per heavy atom. The largest absolute Gasteiger partial charge is 0.770 e. The van der Waals surface area contributed by atoms with E-state index in [0.717, 1.165) is 10.8 Å². The highest BCUT2D eigenvalue weighted by Gasteiger charge is 2.52. The Kier molecular flexibility index (Phi) is 9.61. The number of anilines is 1. The Balaban J connectivity index is 1.74. The smallest absolute Gasteiger partial charge is 0.351 e. The molecule has 0 radical (unpaired) electrons. The van der Waals surface area contributed by atoms with Crippen molar-refractivity contribution in [1.29, 1.82) is 0 Å². The number of aliphatic hydroxyl groups is 6. The van der Waals surface area contributed by atoms with Gasteiger partial charge >= 0.3 is 5.69 Å². The second-order valence-corrected chi connectivity index (χ2v) is 12.8. The van der Waals surface area contributed by atoms with Crippen LogP contribution in [-0.2, 0) is 23.4 Å². The summed E-state index contributed by atoms with van der Waals surface area (Å²) in [6, 6.07) is 1.22. The molecular formula is C19H28N3O14PS-2. The molecule has 0 aliphatic carbocycles. The van der Waals surface area contributed by atoms with Crippen molar-refractivity contribution in [1.82, 2.24) is 9.55 Å². The fraction of sp³-hybridized carbons (Fsp3) is 0.737. The summed E-state index contributed by atoms with van der Waals surface area (Å²) in [6.45, 7) is -5.80. The Labute approximate surface area is 218 Å². The fourth-order valence-corrected chi connectivity index (χ4v) is 7.30. The summed E-state index contributed by atoms with van der Waals surface area (Å²) in [7, 11) is 0. The molecule has 17 nitrogen and oxygen atoms in total. The van der Waals surface area contributed by atoms with E-state index in [1.165, 1.54) is 13.0 Å². The van der Waals surface area contributed by atoms with Crippen molar-refractivity contribution in [2.75, 3.05) is 18.9 Å². The number of carbonyl (C=O) groups is 1. The molecule has 38 heavy (non-hydrogen) atoms. The average molecular weight is 585 g/mol. The zero-order valence-electron chi connectivity index (χ0n) is 19.7. The molecule has 0 saturated carbocycles.